The number of halogens is 1. The fourth-order valence-corrected chi connectivity index (χ4v) is 2.68. The Morgan fingerprint density at radius 1 is 1.17 bits per heavy atom. The molecule has 0 saturated carbocycles. The molecule has 0 radical (unpaired) electrons. The molecular formula is C15H13BrO2. The van der Waals surface area contributed by atoms with E-state index in [1.807, 2.05) is 24.3 Å². The summed E-state index contributed by atoms with van der Waals surface area (Å²) < 4.78 is 12.0. The van der Waals surface area contributed by atoms with Crippen LogP contribution in [0.3, 0.4) is 0 Å². The van der Waals surface area contributed by atoms with Crippen LogP contribution in [0.5, 0.6) is 11.5 Å². The minimum atomic E-state index is 0.309. The third-order valence-corrected chi connectivity index (χ3v) is 3.76. The summed E-state index contributed by atoms with van der Waals surface area (Å²) in [6, 6.07) is 14.3. The van der Waals surface area contributed by atoms with Crippen molar-refractivity contribution in [2.75, 3.05) is 13.7 Å². The van der Waals surface area contributed by atoms with Crippen molar-refractivity contribution in [1.29, 1.82) is 0 Å². The second kappa shape index (κ2) is 4.65. The first kappa shape index (κ1) is 11.6. The van der Waals surface area contributed by atoms with Crippen LogP contribution in [0.25, 0.3) is 0 Å². The summed E-state index contributed by atoms with van der Waals surface area (Å²) in [5, 5.41) is 0. The molecule has 92 valence electrons. The van der Waals surface area contributed by atoms with Crippen LogP contribution in [0.4, 0.5) is 0 Å². The molecule has 1 aliphatic rings. The second-order valence-corrected chi connectivity index (χ2v) is 5.23. The van der Waals surface area contributed by atoms with Gasteiger partial charge in [-0.25, -0.2) is 0 Å². The molecule has 0 aliphatic carbocycles. The molecule has 0 N–H and O–H groups in total. The largest absolute Gasteiger partial charge is 0.497 e. The highest BCUT2D eigenvalue weighted by molar-refractivity contribution is 9.10. The predicted octanol–water partition coefficient (Wildman–Crippen LogP) is 3.98. The summed E-state index contributed by atoms with van der Waals surface area (Å²) in [5.41, 5.74) is 2.50. The lowest BCUT2D eigenvalue weighted by Crippen LogP contribution is -2.02. The van der Waals surface area contributed by atoms with Gasteiger partial charge < -0.3 is 9.47 Å². The number of hydrogen-bond acceptors (Lipinski definition) is 2. The number of fused-ring (bicyclic) bond motifs is 1. The van der Waals surface area contributed by atoms with Crippen molar-refractivity contribution < 1.29 is 9.47 Å². The smallest absolute Gasteiger partial charge is 0.123 e. The molecule has 1 heterocycles. The monoisotopic (exact) mass is 304 g/mol. The van der Waals surface area contributed by atoms with E-state index in [4.69, 9.17) is 9.47 Å². The van der Waals surface area contributed by atoms with Crippen molar-refractivity contribution in [2.24, 2.45) is 0 Å². The lowest BCUT2D eigenvalue weighted by Gasteiger charge is -2.10. The van der Waals surface area contributed by atoms with Gasteiger partial charge in [0.1, 0.15) is 11.5 Å². The number of ether oxygens (including phenoxy) is 2. The first-order valence-electron chi connectivity index (χ1n) is 5.84. The normalized spacial score (nSPS) is 17.1. The highest BCUT2D eigenvalue weighted by Crippen LogP contribution is 2.39. The van der Waals surface area contributed by atoms with E-state index >= 15 is 0 Å². The minimum Gasteiger partial charge on any atom is -0.497 e. The van der Waals surface area contributed by atoms with Gasteiger partial charge in [-0.1, -0.05) is 28.1 Å². The molecule has 0 amide bonds. The van der Waals surface area contributed by atoms with Crippen LogP contribution in [0, 0.1) is 0 Å². The Hall–Kier alpha value is -1.48. The van der Waals surface area contributed by atoms with Crippen LogP contribution < -0.4 is 9.47 Å². The molecule has 1 atom stereocenters. The van der Waals surface area contributed by atoms with Gasteiger partial charge in [0.25, 0.3) is 0 Å². The Kier molecular flexibility index (Phi) is 3.00. The zero-order chi connectivity index (χ0) is 12.5. The zero-order valence-electron chi connectivity index (χ0n) is 10.0. The number of rotatable bonds is 2. The van der Waals surface area contributed by atoms with Crippen molar-refractivity contribution in [1.82, 2.24) is 0 Å². The predicted molar refractivity (Wildman–Crippen MR) is 74.5 cm³/mol. The Morgan fingerprint density at radius 2 is 1.94 bits per heavy atom. The molecule has 1 aliphatic heterocycles. The second-order valence-electron chi connectivity index (χ2n) is 4.32. The van der Waals surface area contributed by atoms with Crippen LogP contribution in [-0.2, 0) is 0 Å². The minimum absolute atomic E-state index is 0.309. The standard InChI is InChI=1S/C15H13BrO2/c1-17-12-5-2-10(3-6-12)14-9-18-15-7-4-11(16)8-13(14)15/h2-8,14H,9H2,1H3. The van der Waals surface area contributed by atoms with Crippen molar-refractivity contribution in [3.63, 3.8) is 0 Å². The summed E-state index contributed by atoms with van der Waals surface area (Å²) in [4.78, 5) is 0. The molecule has 0 fully saturated rings. The summed E-state index contributed by atoms with van der Waals surface area (Å²) in [7, 11) is 1.68. The number of benzene rings is 2. The van der Waals surface area contributed by atoms with Crippen molar-refractivity contribution in [3.8, 4) is 11.5 Å². The van der Waals surface area contributed by atoms with E-state index in [1.165, 1.54) is 11.1 Å². The van der Waals surface area contributed by atoms with Crippen LogP contribution in [-0.4, -0.2) is 13.7 Å². The third kappa shape index (κ3) is 1.99. The van der Waals surface area contributed by atoms with Gasteiger partial charge in [-0.2, -0.15) is 0 Å². The average Bonchev–Trinajstić information content (AvgIpc) is 2.82. The van der Waals surface area contributed by atoms with E-state index in [0.29, 0.717) is 12.5 Å². The van der Waals surface area contributed by atoms with Crippen LogP contribution >= 0.6 is 15.9 Å². The van der Waals surface area contributed by atoms with E-state index in [-0.39, 0.29) is 0 Å². The highest BCUT2D eigenvalue weighted by atomic mass is 79.9. The molecule has 0 saturated heterocycles. The summed E-state index contributed by atoms with van der Waals surface area (Å²) in [6.45, 7) is 0.706. The van der Waals surface area contributed by atoms with E-state index in [0.717, 1.165) is 16.0 Å². The Morgan fingerprint density at radius 3 is 2.67 bits per heavy atom. The maximum Gasteiger partial charge on any atom is 0.123 e. The Balaban J connectivity index is 1.97. The summed E-state index contributed by atoms with van der Waals surface area (Å²) in [5.74, 6) is 2.18. The molecule has 2 aromatic carbocycles. The lowest BCUT2D eigenvalue weighted by atomic mass is 9.93. The zero-order valence-corrected chi connectivity index (χ0v) is 11.6. The molecule has 18 heavy (non-hydrogen) atoms. The maximum atomic E-state index is 5.72. The van der Waals surface area contributed by atoms with Gasteiger partial charge in [0.2, 0.25) is 0 Å². The van der Waals surface area contributed by atoms with Gasteiger partial charge in [0, 0.05) is 16.0 Å². The van der Waals surface area contributed by atoms with E-state index in [9.17, 15) is 0 Å². The molecular weight excluding hydrogens is 292 g/mol. The van der Waals surface area contributed by atoms with Gasteiger partial charge in [-0.15, -0.1) is 0 Å². The van der Waals surface area contributed by atoms with Gasteiger partial charge in [0.15, 0.2) is 0 Å². The van der Waals surface area contributed by atoms with Gasteiger partial charge >= 0.3 is 0 Å². The third-order valence-electron chi connectivity index (χ3n) is 3.27. The highest BCUT2D eigenvalue weighted by Gasteiger charge is 2.25. The number of hydrogen-bond donors (Lipinski definition) is 0. The summed E-state index contributed by atoms with van der Waals surface area (Å²) in [6.07, 6.45) is 0. The molecule has 3 heteroatoms. The van der Waals surface area contributed by atoms with E-state index in [1.54, 1.807) is 7.11 Å². The topological polar surface area (TPSA) is 18.5 Å². The fourth-order valence-electron chi connectivity index (χ4n) is 2.30. The molecule has 1 unspecified atom stereocenters. The molecule has 3 rings (SSSR count). The quantitative estimate of drug-likeness (QED) is 0.835. The van der Waals surface area contributed by atoms with E-state index < -0.39 is 0 Å². The molecule has 0 bridgehead atoms. The Labute approximate surface area is 115 Å². The first-order chi connectivity index (χ1) is 8.78. The molecule has 2 aromatic rings. The lowest BCUT2D eigenvalue weighted by molar-refractivity contribution is 0.343. The number of methoxy groups -OCH3 is 1. The summed E-state index contributed by atoms with van der Waals surface area (Å²) >= 11 is 3.51. The van der Waals surface area contributed by atoms with Crippen LogP contribution in [0.1, 0.15) is 17.0 Å². The Bertz CT molecular complexity index is 563. The van der Waals surface area contributed by atoms with Crippen molar-refractivity contribution in [3.05, 3.63) is 58.1 Å². The average molecular weight is 305 g/mol. The van der Waals surface area contributed by atoms with Crippen LogP contribution in [0.15, 0.2) is 46.9 Å². The van der Waals surface area contributed by atoms with Crippen molar-refractivity contribution in [2.45, 2.75) is 5.92 Å². The van der Waals surface area contributed by atoms with Gasteiger partial charge in [0.05, 0.1) is 13.7 Å². The fraction of sp³-hybridized carbons (Fsp3) is 0.200. The molecule has 2 nitrogen and oxygen atoms in total. The first-order valence-corrected chi connectivity index (χ1v) is 6.63. The SMILES string of the molecule is COc1ccc(C2COc3ccc(Br)cc32)cc1. The van der Waals surface area contributed by atoms with E-state index in [2.05, 4.69) is 34.1 Å². The van der Waals surface area contributed by atoms with Crippen LogP contribution in [0.2, 0.25) is 0 Å². The molecule has 0 aromatic heterocycles. The maximum absolute atomic E-state index is 5.72. The van der Waals surface area contributed by atoms with Gasteiger partial charge in [-0.05, 0) is 35.9 Å². The van der Waals surface area contributed by atoms with Gasteiger partial charge in [-0.3, -0.25) is 0 Å². The molecule has 0 spiro atoms. The van der Waals surface area contributed by atoms with Crippen molar-refractivity contribution >= 4 is 15.9 Å².